The lowest BCUT2D eigenvalue weighted by molar-refractivity contribution is -0.630. The molecule has 4 nitrogen and oxygen atoms in total. The molecule has 0 aromatic carbocycles. The summed E-state index contributed by atoms with van der Waals surface area (Å²) in [4.78, 5) is 4.63. The van der Waals surface area contributed by atoms with Crippen LogP contribution in [0.1, 0.15) is 52.4 Å². The molecule has 0 saturated heterocycles. The predicted molar refractivity (Wildman–Crippen MR) is 48.7 cm³/mol. The second-order valence-corrected chi connectivity index (χ2v) is 3.25. The average molecular weight is 192 g/mol. The molecule has 1 N–H and O–H groups in total. The molecule has 1 atom stereocenters. The summed E-state index contributed by atoms with van der Waals surface area (Å²) in [6, 6.07) is 0. The van der Waals surface area contributed by atoms with Crippen LogP contribution >= 0.6 is 0 Å². The highest BCUT2D eigenvalue weighted by molar-refractivity contribution is 4.49. The van der Waals surface area contributed by atoms with Gasteiger partial charge in [0.05, 0.1) is 6.10 Å². The highest BCUT2D eigenvalue weighted by Crippen LogP contribution is 2.09. The molecule has 0 aliphatic heterocycles. The van der Waals surface area contributed by atoms with Gasteiger partial charge in [-0.05, 0) is 23.4 Å². The quantitative estimate of drug-likeness (QED) is 0.346. The van der Waals surface area contributed by atoms with Gasteiger partial charge >= 0.3 is 0 Å². The zero-order valence-corrected chi connectivity index (χ0v) is 8.49. The Labute approximate surface area is 79.6 Å². The van der Waals surface area contributed by atoms with Gasteiger partial charge in [0.2, 0.25) is 0 Å². The van der Waals surface area contributed by atoms with E-state index in [1.54, 1.807) is 0 Å². The molecular weight excluding hydrogens is 172 g/mol. The summed E-state index contributed by atoms with van der Waals surface area (Å²) in [6.07, 6.45) is 7.07. The lowest BCUT2D eigenvalue weighted by atomic mass is 10.1. The molecule has 0 amide bonds. The predicted octanol–water partition coefficient (Wildman–Crippen LogP) is 3.09. The van der Waals surface area contributed by atoms with Gasteiger partial charge in [-0.2, -0.15) is 0 Å². The fourth-order valence-electron chi connectivity index (χ4n) is 1.17. The molecule has 0 aromatic rings. The Morgan fingerprint density at radius 2 is 1.85 bits per heavy atom. The van der Waals surface area contributed by atoms with Gasteiger partial charge in [0.15, 0.2) is 0 Å². The van der Waals surface area contributed by atoms with Crippen molar-refractivity contribution in [2.75, 3.05) is 0 Å². The third-order valence-corrected chi connectivity index (χ3v) is 1.95. The van der Waals surface area contributed by atoms with E-state index in [2.05, 4.69) is 21.9 Å². The fourth-order valence-corrected chi connectivity index (χ4v) is 1.17. The molecular formula is C9H20O4. The first kappa shape index (κ1) is 12.8. The molecule has 0 radical (unpaired) electrons. The minimum atomic E-state index is -0.0335. The van der Waals surface area contributed by atoms with E-state index in [0.717, 1.165) is 12.8 Å². The van der Waals surface area contributed by atoms with Crippen LogP contribution < -0.4 is 0 Å². The van der Waals surface area contributed by atoms with Crippen LogP contribution in [-0.4, -0.2) is 11.4 Å². The summed E-state index contributed by atoms with van der Waals surface area (Å²) in [7, 11) is 0. The first-order valence-electron chi connectivity index (χ1n) is 4.94. The Morgan fingerprint density at radius 1 is 1.15 bits per heavy atom. The van der Waals surface area contributed by atoms with Crippen molar-refractivity contribution < 1.29 is 20.2 Å². The summed E-state index contributed by atoms with van der Waals surface area (Å²) in [5.74, 6) is 0. The lowest BCUT2D eigenvalue weighted by Crippen LogP contribution is -2.08. The van der Waals surface area contributed by atoms with Gasteiger partial charge in [-0.15, -0.1) is 0 Å². The van der Waals surface area contributed by atoms with E-state index in [4.69, 9.17) is 5.26 Å². The molecule has 80 valence electrons. The van der Waals surface area contributed by atoms with E-state index in [-0.39, 0.29) is 6.10 Å². The topological polar surface area (TPSA) is 47.9 Å². The highest BCUT2D eigenvalue weighted by Gasteiger charge is 2.02. The van der Waals surface area contributed by atoms with E-state index >= 15 is 0 Å². The zero-order valence-electron chi connectivity index (χ0n) is 8.49. The van der Waals surface area contributed by atoms with E-state index in [9.17, 15) is 0 Å². The van der Waals surface area contributed by atoms with Crippen LogP contribution in [0.25, 0.3) is 0 Å². The molecule has 4 heteroatoms. The normalized spacial score (nSPS) is 13.2. The summed E-state index contributed by atoms with van der Waals surface area (Å²) in [6.45, 7) is 4.07. The molecule has 13 heavy (non-hydrogen) atoms. The van der Waals surface area contributed by atoms with Crippen molar-refractivity contribution in [1.29, 1.82) is 0 Å². The zero-order chi connectivity index (χ0) is 9.94. The van der Waals surface area contributed by atoms with Crippen molar-refractivity contribution in [1.82, 2.24) is 0 Å². The molecule has 0 aromatic heterocycles. The maximum Gasteiger partial charge on any atom is 0.0934 e. The van der Waals surface area contributed by atoms with Crippen molar-refractivity contribution in [3.05, 3.63) is 0 Å². The van der Waals surface area contributed by atoms with Crippen molar-refractivity contribution in [3.8, 4) is 0 Å². The number of unbranched alkanes of at least 4 members (excludes halogenated alkanes) is 4. The van der Waals surface area contributed by atoms with Gasteiger partial charge in [-0.25, -0.2) is 10.1 Å². The van der Waals surface area contributed by atoms with Gasteiger partial charge in [0, 0.05) is 0 Å². The summed E-state index contributed by atoms with van der Waals surface area (Å²) >= 11 is 0. The second kappa shape index (κ2) is 9.92. The Balaban J connectivity index is 3.03. The van der Waals surface area contributed by atoms with Crippen molar-refractivity contribution >= 4 is 0 Å². The minimum Gasteiger partial charge on any atom is -0.219 e. The van der Waals surface area contributed by atoms with Crippen LogP contribution in [0.4, 0.5) is 0 Å². The Kier molecular flexibility index (Phi) is 9.80. The van der Waals surface area contributed by atoms with Gasteiger partial charge in [0.25, 0.3) is 0 Å². The lowest BCUT2D eigenvalue weighted by Gasteiger charge is -2.08. The first-order chi connectivity index (χ1) is 6.31. The smallest absolute Gasteiger partial charge is 0.0934 e. The molecule has 0 aliphatic carbocycles. The molecule has 0 fully saturated rings. The van der Waals surface area contributed by atoms with Crippen LogP contribution in [0.15, 0.2) is 0 Å². The Morgan fingerprint density at radius 3 is 2.46 bits per heavy atom. The standard InChI is InChI=1S/C9H20O4/c1-3-4-5-6-7-8-9(2)11-13-12-10/h9-10H,3-8H2,1-2H3. The number of rotatable bonds is 9. The van der Waals surface area contributed by atoms with Crippen LogP contribution in [0.3, 0.4) is 0 Å². The summed E-state index contributed by atoms with van der Waals surface area (Å²) < 4.78 is 0. The highest BCUT2D eigenvalue weighted by atomic mass is 17.6. The van der Waals surface area contributed by atoms with Crippen LogP contribution in [-0.2, 0) is 15.0 Å². The molecule has 0 saturated carbocycles. The first-order valence-corrected chi connectivity index (χ1v) is 4.94. The molecule has 0 spiro atoms. The van der Waals surface area contributed by atoms with E-state index in [0.29, 0.717) is 0 Å². The van der Waals surface area contributed by atoms with Crippen molar-refractivity contribution in [2.24, 2.45) is 0 Å². The van der Waals surface area contributed by atoms with Crippen LogP contribution in [0.2, 0.25) is 0 Å². The maximum atomic E-state index is 7.81. The number of hydrogen-bond acceptors (Lipinski definition) is 4. The monoisotopic (exact) mass is 192 g/mol. The van der Waals surface area contributed by atoms with E-state index in [1.165, 1.54) is 25.7 Å². The SMILES string of the molecule is CCCCCCCC(C)OOOO. The molecule has 0 bridgehead atoms. The van der Waals surface area contributed by atoms with Gasteiger partial charge < -0.3 is 0 Å². The third kappa shape index (κ3) is 9.76. The Bertz CT molecular complexity index is 97.6. The van der Waals surface area contributed by atoms with Crippen LogP contribution in [0.5, 0.6) is 0 Å². The Hall–Kier alpha value is -0.160. The second-order valence-electron chi connectivity index (χ2n) is 3.25. The van der Waals surface area contributed by atoms with E-state index in [1.807, 2.05) is 6.92 Å². The van der Waals surface area contributed by atoms with Crippen molar-refractivity contribution in [3.63, 3.8) is 0 Å². The maximum absolute atomic E-state index is 7.81. The molecule has 0 rings (SSSR count). The molecule has 0 heterocycles. The minimum absolute atomic E-state index is 0.0335. The fraction of sp³-hybridized carbons (Fsp3) is 1.00. The third-order valence-electron chi connectivity index (χ3n) is 1.95. The van der Waals surface area contributed by atoms with Gasteiger partial charge in [0.1, 0.15) is 0 Å². The van der Waals surface area contributed by atoms with Gasteiger partial charge in [-0.1, -0.05) is 39.0 Å². The molecule has 1 unspecified atom stereocenters. The van der Waals surface area contributed by atoms with E-state index < -0.39 is 0 Å². The number of hydrogen-bond donors (Lipinski definition) is 1. The van der Waals surface area contributed by atoms with Gasteiger partial charge in [-0.3, -0.25) is 0 Å². The molecule has 0 aliphatic rings. The largest absolute Gasteiger partial charge is 0.219 e. The average Bonchev–Trinajstić information content (AvgIpc) is 2.14. The van der Waals surface area contributed by atoms with Crippen molar-refractivity contribution in [2.45, 2.75) is 58.5 Å². The van der Waals surface area contributed by atoms with Crippen LogP contribution in [0, 0.1) is 0 Å². The summed E-state index contributed by atoms with van der Waals surface area (Å²) in [5, 5.41) is 15.1. The summed E-state index contributed by atoms with van der Waals surface area (Å²) in [5.41, 5.74) is 0.